The Labute approximate surface area is 92.3 Å². The SMILES string of the molecule is OB(O)c1cc(F)c2c(Br)csc2c1. The van der Waals surface area contributed by atoms with Gasteiger partial charge in [-0.25, -0.2) is 4.39 Å². The van der Waals surface area contributed by atoms with Crippen LogP contribution in [0, 0.1) is 5.82 Å². The second kappa shape index (κ2) is 3.62. The predicted molar refractivity (Wildman–Crippen MR) is 59.3 cm³/mol. The molecule has 0 unspecified atom stereocenters. The van der Waals surface area contributed by atoms with E-state index >= 15 is 0 Å². The third-order valence-electron chi connectivity index (χ3n) is 1.90. The number of fused-ring (bicyclic) bond motifs is 1. The van der Waals surface area contributed by atoms with Crippen molar-refractivity contribution in [2.24, 2.45) is 0 Å². The normalized spacial score (nSPS) is 10.9. The average molecular weight is 275 g/mol. The van der Waals surface area contributed by atoms with Crippen LogP contribution in [0.3, 0.4) is 0 Å². The molecule has 0 amide bonds. The summed E-state index contributed by atoms with van der Waals surface area (Å²) in [5.74, 6) is -0.446. The van der Waals surface area contributed by atoms with Crippen LogP contribution in [-0.4, -0.2) is 17.2 Å². The zero-order chi connectivity index (χ0) is 10.3. The third kappa shape index (κ3) is 1.59. The largest absolute Gasteiger partial charge is 0.488 e. The Hall–Kier alpha value is -0.425. The molecule has 72 valence electrons. The van der Waals surface area contributed by atoms with Crippen LogP contribution in [0.1, 0.15) is 0 Å². The molecule has 0 aliphatic rings. The van der Waals surface area contributed by atoms with E-state index < -0.39 is 12.9 Å². The molecule has 6 heteroatoms. The summed E-state index contributed by atoms with van der Waals surface area (Å²) in [4.78, 5) is 0. The van der Waals surface area contributed by atoms with Crippen molar-refractivity contribution in [1.82, 2.24) is 0 Å². The van der Waals surface area contributed by atoms with Gasteiger partial charge in [-0.15, -0.1) is 11.3 Å². The standard InChI is InChI=1S/C8H5BBrFO2S/c10-5-3-14-7-2-4(9(12)13)1-6(11)8(5)7/h1-3,12-13H. The summed E-state index contributed by atoms with van der Waals surface area (Å²) >= 11 is 4.58. The molecular weight excluding hydrogens is 270 g/mol. The Kier molecular flexibility index (Phi) is 2.61. The van der Waals surface area contributed by atoms with Crippen LogP contribution in [0.2, 0.25) is 0 Å². The van der Waals surface area contributed by atoms with Crippen LogP contribution < -0.4 is 5.46 Å². The van der Waals surface area contributed by atoms with Crippen LogP contribution in [-0.2, 0) is 0 Å². The summed E-state index contributed by atoms with van der Waals surface area (Å²) in [5.41, 5.74) is 0.171. The molecule has 1 aromatic carbocycles. The fourth-order valence-electron chi connectivity index (χ4n) is 1.25. The van der Waals surface area contributed by atoms with Crippen molar-refractivity contribution in [3.05, 3.63) is 27.8 Å². The molecule has 14 heavy (non-hydrogen) atoms. The number of rotatable bonds is 1. The van der Waals surface area contributed by atoms with Gasteiger partial charge in [0.15, 0.2) is 0 Å². The molecule has 0 fully saturated rings. The summed E-state index contributed by atoms with van der Waals surface area (Å²) < 4.78 is 14.8. The van der Waals surface area contributed by atoms with Crippen LogP contribution in [0.5, 0.6) is 0 Å². The summed E-state index contributed by atoms with van der Waals surface area (Å²) in [7, 11) is -1.63. The van der Waals surface area contributed by atoms with Gasteiger partial charge in [0, 0.05) is 19.9 Å². The maximum Gasteiger partial charge on any atom is 0.488 e. The lowest BCUT2D eigenvalue weighted by Gasteiger charge is -2.00. The number of thiophene rings is 1. The zero-order valence-electron chi connectivity index (χ0n) is 6.87. The van der Waals surface area contributed by atoms with E-state index in [1.807, 2.05) is 0 Å². The van der Waals surface area contributed by atoms with Gasteiger partial charge in [0.25, 0.3) is 0 Å². The Morgan fingerprint density at radius 3 is 2.71 bits per heavy atom. The van der Waals surface area contributed by atoms with Crippen molar-refractivity contribution in [2.75, 3.05) is 0 Å². The van der Waals surface area contributed by atoms with Crippen molar-refractivity contribution >= 4 is 49.9 Å². The quantitative estimate of drug-likeness (QED) is 0.774. The molecule has 1 aromatic heterocycles. The third-order valence-corrected chi connectivity index (χ3v) is 3.76. The summed E-state index contributed by atoms with van der Waals surface area (Å²) in [6, 6.07) is 2.70. The highest BCUT2D eigenvalue weighted by atomic mass is 79.9. The maximum atomic E-state index is 13.5. The van der Waals surface area contributed by atoms with Gasteiger partial charge in [0.2, 0.25) is 0 Å². The number of hydrogen-bond acceptors (Lipinski definition) is 3. The van der Waals surface area contributed by atoms with Crippen LogP contribution in [0.15, 0.2) is 22.0 Å². The highest BCUT2D eigenvalue weighted by Crippen LogP contribution is 2.31. The molecule has 0 atom stereocenters. The number of hydrogen-bond donors (Lipinski definition) is 2. The monoisotopic (exact) mass is 274 g/mol. The van der Waals surface area contributed by atoms with Crippen LogP contribution >= 0.6 is 27.3 Å². The van der Waals surface area contributed by atoms with Crippen LogP contribution in [0.4, 0.5) is 4.39 Å². The lowest BCUT2D eigenvalue weighted by atomic mass is 9.80. The molecule has 0 bridgehead atoms. The molecule has 2 N–H and O–H groups in total. The molecule has 0 saturated carbocycles. The first-order chi connectivity index (χ1) is 6.59. The van der Waals surface area contributed by atoms with E-state index in [0.717, 1.165) is 6.07 Å². The summed E-state index contributed by atoms with van der Waals surface area (Å²) in [6.07, 6.45) is 0. The predicted octanol–water partition coefficient (Wildman–Crippen LogP) is 1.48. The van der Waals surface area contributed by atoms with Gasteiger partial charge in [-0.05, 0) is 33.5 Å². The van der Waals surface area contributed by atoms with E-state index in [-0.39, 0.29) is 5.46 Å². The Balaban J connectivity index is 2.74. The van der Waals surface area contributed by atoms with E-state index in [4.69, 9.17) is 10.0 Å². The molecule has 0 saturated heterocycles. The van der Waals surface area contributed by atoms with Crippen molar-refractivity contribution < 1.29 is 14.4 Å². The molecule has 1 heterocycles. The number of benzene rings is 1. The Bertz CT molecular complexity index is 485. The zero-order valence-corrected chi connectivity index (χ0v) is 9.27. The molecule has 0 aliphatic carbocycles. The number of halogens is 2. The van der Waals surface area contributed by atoms with Gasteiger partial charge in [-0.1, -0.05) is 0 Å². The molecule has 0 aliphatic heterocycles. The Morgan fingerprint density at radius 1 is 1.36 bits per heavy atom. The maximum absolute atomic E-state index is 13.5. The summed E-state index contributed by atoms with van der Waals surface area (Å²) in [5, 5.41) is 20.0. The van der Waals surface area contributed by atoms with Gasteiger partial charge < -0.3 is 10.0 Å². The lowest BCUT2D eigenvalue weighted by molar-refractivity contribution is 0.425. The fraction of sp³-hybridized carbons (Fsp3) is 0. The van der Waals surface area contributed by atoms with Crippen molar-refractivity contribution in [2.45, 2.75) is 0 Å². The van der Waals surface area contributed by atoms with E-state index in [1.165, 1.54) is 11.3 Å². The Morgan fingerprint density at radius 2 is 2.07 bits per heavy atom. The van der Waals surface area contributed by atoms with E-state index in [1.54, 1.807) is 11.4 Å². The second-order valence-corrected chi connectivity index (χ2v) is 4.60. The lowest BCUT2D eigenvalue weighted by Crippen LogP contribution is -2.29. The van der Waals surface area contributed by atoms with Gasteiger partial charge in [0.1, 0.15) is 5.82 Å². The molecule has 2 nitrogen and oxygen atoms in total. The molecule has 0 spiro atoms. The molecule has 2 aromatic rings. The highest BCUT2D eigenvalue weighted by Gasteiger charge is 2.16. The molecular formula is C8H5BBrFO2S. The fourth-order valence-corrected chi connectivity index (χ4v) is 2.94. The van der Waals surface area contributed by atoms with Crippen molar-refractivity contribution in [3.8, 4) is 0 Å². The van der Waals surface area contributed by atoms with Crippen molar-refractivity contribution in [1.29, 1.82) is 0 Å². The van der Waals surface area contributed by atoms with Gasteiger partial charge in [-0.3, -0.25) is 0 Å². The first-order valence-electron chi connectivity index (χ1n) is 3.82. The van der Waals surface area contributed by atoms with Crippen molar-refractivity contribution in [3.63, 3.8) is 0 Å². The van der Waals surface area contributed by atoms with E-state index in [9.17, 15) is 4.39 Å². The van der Waals surface area contributed by atoms with Gasteiger partial charge in [-0.2, -0.15) is 0 Å². The van der Waals surface area contributed by atoms with Crippen LogP contribution in [0.25, 0.3) is 10.1 Å². The van der Waals surface area contributed by atoms with E-state index in [2.05, 4.69) is 15.9 Å². The highest BCUT2D eigenvalue weighted by molar-refractivity contribution is 9.10. The summed E-state index contributed by atoms with van der Waals surface area (Å²) in [6.45, 7) is 0. The smallest absolute Gasteiger partial charge is 0.423 e. The molecule has 0 radical (unpaired) electrons. The van der Waals surface area contributed by atoms with E-state index in [0.29, 0.717) is 14.6 Å². The van der Waals surface area contributed by atoms with Gasteiger partial charge in [0.05, 0.1) is 0 Å². The minimum absolute atomic E-state index is 0.171. The average Bonchev–Trinajstić information content (AvgIpc) is 2.48. The minimum Gasteiger partial charge on any atom is -0.423 e. The first kappa shape index (κ1) is 10.1. The molecule has 2 rings (SSSR count). The van der Waals surface area contributed by atoms with Gasteiger partial charge >= 0.3 is 7.12 Å². The first-order valence-corrected chi connectivity index (χ1v) is 5.49. The topological polar surface area (TPSA) is 40.5 Å². The second-order valence-electron chi connectivity index (χ2n) is 2.83. The minimum atomic E-state index is -1.63.